The number of hydrogen-bond donors (Lipinski definition) is 2. The molecule has 0 aliphatic carbocycles. The van der Waals surface area contributed by atoms with Crippen molar-refractivity contribution >= 4 is 40.1 Å². The van der Waals surface area contributed by atoms with Gasteiger partial charge in [-0.05, 0) is 37.1 Å². The summed E-state index contributed by atoms with van der Waals surface area (Å²) in [5.41, 5.74) is 1.80. The van der Waals surface area contributed by atoms with Crippen molar-refractivity contribution in [2.45, 2.75) is 24.1 Å². The molecule has 2 N–H and O–H groups in total. The molecule has 144 valence electrons. The van der Waals surface area contributed by atoms with Crippen molar-refractivity contribution < 1.29 is 9.53 Å². The SMILES string of the molecule is O=C(CSc1nc(Nc2ccccc2)c2ccccc2n1)NCC1CCCO1. The van der Waals surface area contributed by atoms with Gasteiger partial charge < -0.3 is 15.4 Å². The lowest BCUT2D eigenvalue weighted by Gasteiger charge is -2.12. The molecule has 7 heteroatoms. The summed E-state index contributed by atoms with van der Waals surface area (Å²) in [7, 11) is 0. The Morgan fingerprint density at radius 1 is 1.11 bits per heavy atom. The molecule has 1 fully saturated rings. The van der Waals surface area contributed by atoms with E-state index >= 15 is 0 Å². The average Bonchev–Trinajstić information content (AvgIpc) is 3.25. The summed E-state index contributed by atoms with van der Waals surface area (Å²) in [4.78, 5) is 21.4. The number of nitrogens with one attached hydrogen (secondary N) is 2. The molecular weight excluding hydrogens is 372 g/mol. The summed E-state index contributed by atoms with van der Waals surface area (Å²) in [5.74, 6) is 0.976. The fourth-order valence-corrected chi connectivity index (χ4v) is 3.77. The summed E-state index contributed by atoms with van der Waals surface area (Å²) in [5, 5.41) is 7.80. The number of ether oxygens (including phenoxy) is 1. The van der Waals surface area contributed by atoms with Crippen LogP contribution in [0.5, 0.6) is 0 Å². The van der Waals surface area contributed by atoms with Crippen molar-refractivity contribution in [3.8, 4) is 0 Å². The molecule has 2 aromatic carbocycles. The van der Waals surface area contributed by atoms with Crippen LogP contribution in [0.1, 0.15) is 12.8 Å². The molecule has 0 spiro atoms. The summed E-state index contributed by atoms with van der Waals surface area (Å²) < 4.78 is 5.53. The third-order valence-electron chi connectivity index (χ3n) is 4.50. The molecule has 1 unspecified atom stereocenters. The quantitative estimate of drug-likeness (QED) is 0.469. The van der Waals surface area contributed by atoms with Gasteiger partial charge in [0.05, 0.1) is 17.4 Å². The maximum absolute atomic E-state index is 12.2. The van der Waals surface area contributed by atoms with Gasteiger partial charge >= 0.3 is 0 Å². The van der Waals surface area contributed by atoms with Crippen molar-refractivity contribution in [1.82, 2.24) is 15.3 Å². The van der Waals surface area contributed by atoms with Crippen LogP contribution in [0.15, 0.2) is 59.8 Å². The number of benzene rings is 2. The Hall–Kier alpha value is -2.64. The fourth-order valence-electron chi connectivity index (χ4n) is 3.09. The third kappa shape index (κ3) is 4.79. The zero-order valence-corrected chi connectivity index (χ0v) is 16.2. The maximum atomic E-state index is 12.2. The van der Waals surface area contributed by atoms with Crippen LogP contribution >= 0.6 is 11.8 Å². The van der Waals surface area contributed by atoms with Crippen LogP contribution in [-0.4, -0.2) is 40.9 Å². The van der Waals surface area contributed by atoms with Gasteiger partial charge in [0.15, 0.2) is 5.16 Å². The van der Waals surface area contributed by atoms with Crippen LogP contribution in [0.25, 0.3) is 10.9 Å². The molecule has 0 bridgehead atoms. The topological polar surface area (TPSA) is 76.1 Å². The number of nitrogens with zero attached hydrogens (tertiary/aromatic N) is 2. The Labute approximate surface area is 168 Å². The zero-order chi connectivity index (χ0) is 19.2. The second kappa shape index (κ2) is 9.03. The molecular formula is C21H22N4O2S. The molecule has 1 amide bonds. The first-order valence-electron chi connectivity index (χ1n) is 9.38. The van der Waals surface area contributed by atoms with Gasteiger partial charge in [0.1, 0.15) is 5.82 Å². The first kappa shape index (κ1) is 18.7. The highest BCUT2D eigenvalue weighted by molar-refractivity contribution is 7.99. The molecule has 1 saturated heterocycles. The summed E-state index contributed by atoms with van der Waals surface area (Å²) in [6.45, 7) is 1.36. The van der Waals surface area contributed by atoms with E-state index in [1.165, 1.54) is 11.8 Å². The van der Waals surface area contributed by atoms with Crippen LogP contribution < -0.4 is 10.6 Å². The van der Waals surface area contributed by atoms with Crippen molar-refractivity contribution in [2.75, 3.05) is 24.2 Å². The predicted octanol–water partition coefficient (Wildman–Crippen LogP) is 3.76. The van der Waals surface area contributed by atoms with E-state index in [9.17, 15) is 4.79 Å². The monoisotopic (exact) mass is 394 g/mol. The number of thioether (sulfide) groups is 1. The number of rotatable bonds is 7. The van der Waals surface area contributed by atoms with E-state index in [0.717, 1.165) is 41.9 Å². The summed E-state index contributed by atoms with van der Waals surface area (Å²) in [6.07, 6.45) is 2.22. The molecule has 3 aromatic rings. The van der Waals surface area contributed by atoms with Crippen molar-refractivity contribution in [1.29, 1.82) is 0 Å². The van der Waals surface area contributed by atoms with Crippen LogP contribution in [0, 0.1) is 0 Å². The van der Waals surface area contributed by atoms with Gasteiger partial charge in [0.2, 0.25) is 5.91 Å². The van der Waals surface area contributed by atoms with Crippen LogP contribution in [0.3, 0.4) is 0 Å². The molecule has 2 heterocycles. The van der Waals surface area contributed by atoms with E-state index in [2.05, 4.69) is 20.6 Å². The van der Waals surface area contributed by atoms with E-state index in [1.807, 2.05) is 54.6 Å². The van der Waals surface area contributed by atoms with E-state index in [4.69, 9.17) is 4.74 Å². The summed E-state index contributed by atoms with van der Waals surface area (Å²) >= 11 is 1.34. The Morgan fingerprint density at radius 2 is 1.93 bits per heavy atom. The van der Waals surface area contributed by atoms with Crippen molar-refractivity contribution in [3.63, 3.8) is 0 Å². The van der Waals surface area contributed by atoms with Crippen molar-refractivity contribution in [3.05, 3.63) is 54.6 Å². The van der Waals surface area contributed by atoms with Crippen LogP contribution in [0.2, 0.25) is 0 Å². The third-order valence-corrected chi connectivity index (χ3v) is 5.35. The predicted molar refractivity (Wildman–Crippen MR) is 112 cm³/mol. The number of anilines is 2. The van der Waals surface area contributed by atoms with E-state index < -0.39 is 0 Å². The van der Waals surface area contributed by atoms with Gasteiger partial charge in [-0.1, -0.05) is 42.1 Å². The van der Waals surface area contributed by atoms with Crippen molar-refractivity contribution in [2.24, 2.45) is 0 Å². The lowest BCUT2D eigenvalue weighted by atomic mass is 10.2. The largest absolute Gasteiger partial charge is 0.376 e. The van der Waals surface area contributed by atoms with Gasteiger partial charge in [0.25, 0.3) is 0 Å². The number of amides is 1. The minimum absolute atomic E-state index is 0.0326. The number of para-hydroxylation sites is 2. The highest BCUT2D eigenvalue weighted by Gasteiger charge is 2.16. The molecule has 1 aromatic heterocycles. The van der Waals surface area contributed by atoms with Crippen LogP contribution in [0.4, 0.5) is 11.5 Å². The minimum Gasteiger partial charge on any atom is -0.376 e. The van der Waals surface area contributed by atoms with Gasteiger partial charge in [-0.2, -0.15) is 0 Å². The molecule has 1 aliphatic rings. The Balaban J connectivity index is 1.45. The molecule has 28 heavy (non-hydrogen) atoms. The lowest BCUT2D eigenvalue weighted by molar-refractivity contribution is -0.119. The minimum atomic E-state index is -0.0326. The number of carbonyl (C=O) groups excluding carboxylic acids is 1. The maximum Gasteiger partial charge on any atom is 0.230 e. The number of carbonyl (C=O) groups is 1. The molecule has 6 nitrogen and oxygen atoms in total. The Kier molecular flexibility index (Phi) is 6.04. The second-order valence-electron chi connectivity index (χ2n) is 6.59. The standard InChI is InChI=1S/C21H22N4O2S/c26-19(22-13-16-9-6-12-27-16)14-28-21-24-18-11-5-4-10-17(18)20(25-21)23-15-7-2-1-3-8-15/h1-5,7-8,10-11,16H,6,9,12-14H2,(H,22,26)(H,23,24,25). The number of fused-ring (bicyclic) bond motifs is 1. The lowest BCUT2D eigenvalue weighted by Crippen LogP contribution is -2.32. The van der Waals surface area contributed by atoms with Crippen LogP contribution in [-0.2, 0) is 9.53 Å². The van der Waals surface area contributed by atoms with E-state index in [0.29, 0.717) is 11.7 Å². The highest BCUT2D eigenvalue weighted by Crippen LogP contribution is 2.26. The van der Waals surface area contributed by atoms with E-state index in [1.54, 1.807) is 0 Å². The first-order valence-corrected chi connectivity index (χ1v) is 10.4. The first-order chi connectivity index (χ1) is 13.8. The Morgan fingerprint density at radius 3 is 2.75 bits per heavy atom. The Bertz CT molecular complexity index is 946. The van der Waals surface area contributed by atoms with Gasteiger partial charge in [-0.15, -0.1) is 0 Å². The molecule has 4 rings (SSSR count). The zero-order valence-electron chi connectivity index (χ0n) is 15.4. The highest BCUT2D eigenvalue weighted by atomic mass is 32.2. The normalized spacial score (nSPS) is 16.2. The van der Waals surface area contributed by atoms with Gasteiger partial charge in [-0.25, -0.2) is 9.97 Å². The van der Waals surface area contributed by atoms with E-state index in [-0.39, 0.29) is 17.8 Å². The molecule has 0 saturated carbocycles. The number of hydrogen-bond acceptors (Lipinski definition) is 6. The van der Waals surface area contributed by atoms with Gasteiger partial charge in [0, 0.05) is 24.2 Å². The molecule has 1 aliphatic heterocycles. The fraction of sp³-hybridized carbons (Fsp3) is 0.286. The summed E-state index contributed by atoms with van der Waals surface area (Å²) in [6, 6.07) is 17.7. The number of aromatic nitrogens is 2. The average molecular weight is 395 g/mol. The van der Waals surface area contributed by atoms with Gasteiger partial charge in [-0.3, -0.25) is 4.79 Å². The second-order valence-corrected chi connectivity index (χ2v) is 7.53. The smallest absolute Gasteiger partial charge is 0.230 e. The molecule has 1 atom stereocenters. The molecule has 0 radical (unpaired) electrons.